The lowest BCUT2D eigenvalue weighted by molar-refractivity contribution is -0.150. The Morgan fingerprint density at radius 1 is 1.38 bits per heavy atom. The third-order valence-corrected chi connectivity index (χ3v) is 2.60. The van der Waals surface area contributed by atoms with Gasteiger partial charge in [-0.2, -0.15) is 13.2 Å². The van der Waals surface area contributed by atoms with Gasteiger partial charge in [0, 0.05) is 13.1 Å². The summed E-state index contributed by atoms with van der Waals surface area (Å²) in [5, 5.41) is 8.71. The molecule has 1 saturated heterocycles. The van der Waals surface area contributed by atoms with Crippen LogP contribution in [0.2, 0.25) is 0 Å². The molecule has 2 atom stereocenters. The van der Waals surface area contributed by atoms with Gasteiger partial charge in [-0.25, -0.2) is 0 Å². The first kappa shape index (κ1) is 13.7. The van der Waals surface area contributed by atoms with Gasteiger partial charge in [-0.3, -0.25) is 4.90 Å². The van der Waals surface area contributed by atoms with Gasteiger partial charge in [-0.05, 0) is 19.8 Å². The summed E-state index contributed by atoms with van der Waals surface area (Å²) in [7, 11) is 0. The highest BCUT2D eigenvalue weighted by molar-refractivity contribution is 4.75. The lowest BCUT2D eigenvalue weighted by Crippen LogP contribution is -2.40. The Morgan fingerprint density at radius 2 is 2.06 bits per heavy atom. The van der Waals surface area contributed by atoms with Gasteiger partial charge in [0.05, 0.1) is 25.4 Å². The summed E-state index contributed by atoms with van der Waals surface area (Å²) < 4.78 is 42.1. The van der Waals surface area contributed by atoms with Crippen molar-refractivity contribution in [3.05, 3.63) is 0 Å². The molecule has 0 aliphatic carbocycles. The van der Waals surface area contributed by atoms with E-state index in [0.717, 1.165) is 12.8 Å². The average Bonchev–Trinajstić information content (AvgIpc) is 2.48. The lowest BCUT2D eigenvalue weighted by Gasteiger charge is -2.25. The van der Waals surface area contributed by atoms with Crippen molar-refractivity contribution in [2.75, 3.05) is 26.2 Å². The number of alkyl halides is 3. The fourth-order valence-corrected chi connectivity index (χ4v) is 1.94. The summed E-state index contributed by atoms with van der Waals surface area (Å²) in [5.41, 5.74) is 0. The number of nitrogens with zero attached hydrogens (tertiary/aromatic N) is 1. The first-order valence-electron chi connectivity index (χ1n) is 5.46. The Bertz CT molecular complexity index is 211. The largest absolute Gasteiger partial charge is 0.401 e. The number of halogens is 3. The number of hydrogen-bond acceptors (Lipinski definition) is 3. The third kappa shape index (κ3) is 5.14. The van der Waals surface area contributed by atoms with Crippen LogP contribution < -0.4 is 0 Å². The molecule has 3 nitrogen and oxygen atoms in total. The third-order valence-electron chi connectivity index (χ3n) is 2.60. The fourth-order valence-electron chi connectivity index (χ4n) is 1.94. The zero-order valence-electron chi connectivity index (χ0n) is 9.33. The molecule has 0 spiro atoms. The zero-order valence-corrected chi connectivity index (χ0v) is 9.33. The Labute approximate surface area is 93.2 Å². The minimum Gasteiger partial charge on any atom is -0.395 e. The minimum absolute atomic E-state index is 0.0355. The summed E-state index contributed by atoms with van der Waals surface area (Å²) in [6.07, 6.45) is -2.54. The summed E-state index contributed by atoms with van der Waals surface area (Å²) in [6, 6.07) is 0. The second-order valence-electron chi connectivity index (χ2n) is 4.22. The Hall–Kier alpha value is -0.330. The topological polar surface area (TPSA) is 32.7 Å². The van der Waals surface area contributed by atoms with E-state index in [0.29, 0.717) is 0 Å². The van der Waals surface area contributed by atoms with Crippen LogP contribution in [0.3, 0.4) is 0 Å². The van der Waals surface area contributed by atoms with Crippen LogP contribution in [-0.2, 0) is 4.74 Å². The smallest absolute Gasteiger partial charge is 0.395 e. The van der Waals surface area contributed by atoms with Gasteiger partial charge in [0.25, 0.3) is 0 Å². The average molecular weight is 241 g/mol. The molecule has 0 aromatic rings. The van der Waals surface area contributed by atoms with Gasteiger partial charge in [0.2, 0.25) is 0 Å². The van der Waals surface area contributed by atoms with Crippen LogP contribution in [0.25, 0.3) is 0 Å². The van der Waals surface area contributed by atoms with Crippen molar-refractivity contribution in [3.8, 4) is 0 Å². The highest BCUT2D eigenvalue weighted by Gasteiger charge is 2.32. The van der Waals surface area contributed by atoms with Crippen LogP contribution in [0.4, 0.5) is 13.2 Å². The lowest BCUT2D eigenvalue weighted by atomic mass is 10.2. The molecule has 1 heterocycles. The number of aliphatic hydroxyl groups is 1. The maximum Gasteiger partial charge on any atom is 0.401 e. The molecule has 1 aliphatic rings. The number of hydrogen-bond donors (Lipinski definition) is 1. The van der Waals surface area contributed by atoms with Gasteiger partial charge in [-0.1, -0.05) is 0 Å². The standard InChI is InChI=1S/C10H18F3NO2/c1-8-2-3-9(16-8)6-14(4-5-15)7-10(11,12)13/h8-9,15H,2-7H2,1H3. The van der Waals surface area contributed by atoms with Crippen molar-refractivity contribution < 1.29 is 23.0 Å². The molecule has 0 aromatic carbocycles. The summed E-state index contributed by atoms with van der Waals surface area (Å²) in [5.74, 6) is 0. The second kappa shape index (κ2) is 5.84. The van der Waals surface area contributed by atoms with Crippen LogP contribution in [-0.4, -0.2) is 54.6 Å². The van der Waals surface area contributed by atoms with Crippen molar-refractivity contribution in [2.24, 2.45) is 0 Å². The van der Waals surface area contributed by atoms with Crippen LogP contribution >= 0.6 is 0 Å². The van der Waals surface area contributed by atoms with Crippen LogP contribution in [0.1, 0.15) is 19.8 Å². The maximum atomic E-state index is 12.2. The van der Waals surface area contributed by atoms with E-state index in [2.05, 4.69) is 0 Å². The normalized spacial score (nSPS) is 26.6. The van der Waals surface area contributed by atoms with Gasteiger partial charge >= 0.3 is 6.18 Å². The van der Waals surface area contributed by atoms with Crippen molar-refractivity contribution in [1.29, 1.82) is 0 Å². The first-order chi connectivity index (χ1) is 7.40. The molecule has 1 rings (SSSR count). The first-order valence-corrected chi connectivity index (χ1v) is 5.46. The van der Waals surface area contributed by atoms with E-state index in [9.17, 15) is 13.2 Å². The van der Waals surface area contributed by atoms with Crippen molar-refractivity contribution in [2.45, 2.75) is 38.1 Å². The Balaban J connectivity index is 2.38. The Kier molecular flexibility index (Phi) is 5.01. The molecular formula is C10H18F3NO2. The second-order valence-corrected chi connectivity index (χ2v) is 4.22. The summed E-state index contributed by atoms with van der Waals surface area (Å²) >= 11 is 0. The van der Waals surface area contributed by atoms with Gasteiger partial charge in [-0.15, -0.1) is 0 Å². The molecule has 1 aliphatic heterocycles. The SMILES string of the molecule is CC1CCC(CN(CCO)CC(F)(F)F)O1. The molecule has 1 fully saturated rings. The molecule has 1 N–H and O–H groups in total. The van der Waals surface area contributed by atoms with Gasteiger partial charge < -0.3 is 9.84 Å². The van der Waals surface area contributed by atoms with Crippen molar-refractivity contribution in [1.82, 2.24) is 4.90 Å². The van der Waals surface area contributed by atoms with Gasteiger partial charge in [0.15, 0.2) is 0 Å². The number of rotatable bonds is 5. The highest BCUT2D eigenvalue weighted by Crippen LogP contribution is 2.22. The summed E-state index contributed by atoms with van der Waals surface area (Å²) in [6.45, 7) is 0.943. The molecule has 0 amide bonds. The van der Waals surface area contributed by atoms with Crippen LogP contribution in [0, 0.1) is 0 Å². The van der Waals surface area contributed by atoms with E-state index in [-0.39, 0.29) is 31.9 Å². The zero-order chi connectivity index (χ0) is 12.2. The summed E-state index contributed by atoms with van der Waals surface area (Å²) in [4.78, 5) is 1.20. The van der Waals surface area contributed by atoms with E-state index in [1.807, 2.05) is 6.92 Å². The fraction of sp³-hybridized carbons (Fsp3) is 1.00. The van der Waals surface area contributed by atoms with E-state index in [1.54, 1.807) is 0 Å². The van der Waals surface area contributed by atoms with E-state index in [1.165, 1.54) is 4.90 Å². The quantitative estimate of drug-likeness (QED) is 0.790. The van der Waals surface area contributed by atoms with E-state index < -0.39 is 12.7 Å². The van der Waals surface area contributed by atoms with E-state index >= 15 is 0 Å². The highest BCUT2D eigenvalue weighted by atomic mass is 19.4. The van der Waals surface area contributed by atoms with Crippen LogP contribution in [0.15, 0.2) is 0 Å². The molecule has 0 bridgehead atoms. The molecule has 96 valence electrons. The molecule has 16 heavy (non-hydrogen) atoms. The molecule has 0 saturated carbocycles. The monoisotopic (exact) mass is 241 g/mol. The molecule has 6 heteroatoms. The van der Waals surface area contributed by atoms with Crippen molar-refractivity contribution >= 4 is 0 Å². The number of ether oxygens (including phenoxy) is 1. The molecule has 2 unspecified atom stereocenters. The Morgan fingerprint density at radius 3 is 2.50 bits per heavy atom. The molecular weight excluding hydrogens is 223 g/mol. The number of aliphatic hydroxyl groups excluding tert-OH is 1. The van der Waals surface area contributed by atoms with Gasteiger partial charge in [0.1, 0.15) is 0 Å². The van der Waals surface area contributed by atoms with E-state index in [4.69, 9.17) is 9.84 Å². The predicted molar refractivity (Wildman–Crippen MR) is 53.1 cm³/mol. The molecule has 0 aromatic heterocycles. The van der Waals surface area contributed by atoms with Crippen molar-refractivity contribution in [3.63, 3.8) is 0 Å². The molecule has 0 radical (unpaired) electrons. The minimum atomic E-state index is -4.22. The van der Waals surface area contributed by atoms with Crippen LogP contribution in [0.5, 0.6) is 0 Å². The predicted octanol–water partition coefficient (Wildman–Crippen LogP) is 1.41. The maximum absolute atomic E-state index is 12.2.